The first-order valence-electron chi connectivity index (χ1n) is 3.20. The average Bonchev–Trinajstić information content (AvgIpc) is 2.06. The molecule has 0 fully saturated rings. The molecule has 3 nitrogen and oxygen atoms in total. The molecule has 1 radical (unpaired) electrons. The van der Waals surface area contributed by atoms with Crippen molar-refractivity contribution < 1.29 is 9.90 Å². The van der Waals surface area contributed by atoms with Crippen LogP contribution in [0.3, 0.4) is 0 Å². The summed E-state index contributed by atoms with van der Waals surface area (Å²) in [6, 6.07) is 9.76. The van der Waals surface area contributed by atoms with Crippen LogP contribution in [0.1, 0.15) is 0 Å². The van der Waals surface area contributed by atoms with Gasteiger partial charge in [-0.05, 0) is 6.07 Å². The first-order valence-corrected chi connectivity index (χ1v) is 3.20. The van der Waals surface area contributed by atoms with Crippen molar-refractivity contribution in [2.45, 2.75) is 0 Å². The molecule has 0 aliphatic heterocycles. The third-order valence-corrected chi connectivity index (χ3v) is 1.13. The van der Waals surface area contributed by atoms with E-state index in [1.807, 2.05) is 0 Å². The molecule has 0 spiro atoms. The van der Waals surface area contributed by atoms with Crippen molar-refractivity contribution >= 4 is 11.6 Å². The highest BCUT2D eigenvalue weighted by Gasteiger charge is 1.96. The minimum absolute atomic E-state index is 0.424. The Kier molecular flexibility index (Phi) is 2.63. The van der Waals surface area contributed by atoms with Crippen LogP contribution in [-0.2, 0) is 4.79 Å². The fourth-order valence-electron chi connectivity index (χ4n) is 0.661. The van der Waals surface area contributed by atoms with E-state index < -0.39 is 12.5 Å². The lowest BCUT2D eigenvalue weighted by Gasteiger charge is -1.99. The smallest absolute Gasteiger partial charge is 0.250 e. The third kappa shape index (κ3) is 2.39. The van der Waals surface area contributed by atoms with Gasteiger partial charge in [0.1, 0.15) is 6.61 Å². The second-order valence-corrected chi connectivity index (χ2v) is 1.98. The van der Waals surface area contributed by atoms with Crippen LogP contribution >= 0.6 is 0 Å². The van der Waals surface area contributed by atoms with E-state index in [1.54, 1.807) is 24.3 Å². The van der Waals surface area contributed by atoms with Gasteiger partial charge in [0, 0.05) is 11.8 Å². The van der Waals surface area contributed by atoms with E-state index in [1.165, 1.54) is 0 Å². The van der Waals surface area contributed by atoms with Gasteiger partial charge in [-0.3, -0.25) is 4.79 Å². The van der Waals surface area contributed by atoms with Crippen LogP contribution in [0.25, 0.3) is 0 Å². The summed E-state index contributed by atoms with van der Waals surface area (Å²) in [5.41, 5.74) is 0.576. The molecule has 0 aliphatic carbocycles. The largest absolute Gasteiger partial charge is 0.387 e. The number of hydrogen-bond acceptors (Lipinski definition) is 2. The Morgan fingerprint density at radius 1 is 1.64 bits per heavy atom. The van der Waals surface area contributed by atoms with Gasteiger partial charge in [-0.25, -0.2) is 0 Å². The van der Waals surface area contributed by atoms with E-state index in [2.05, 4.69) is 11.4 Å². The normalized spacial score (nSPS) is 9.18. The quantitative estimate of drug-likeness (QED) is 0.641. The number of carbonyl (C=O) groups is 1. The van der Waals surface area contributed by atoms with E-state index in [4.69, 9.17) is 5.11 Å². The Balaban J connectivity index is 2.58. The van der Waals surface area contributed by atoms with Crippen molar-refractivity contribution in [1.29, 1.82) is 0 Å². The summed E-state index contributed by atoms with van der Waals surface area (Å²) >= 11 is 0. The molecule has 0 bridgehead atoms. The van der Waals surface area contributed by atoms with Gasteiger partial charge in [-0.1, -0.05) is 18.2 Å². The van der Waals surface area contributed by atoms with Gasteiger partial charge in [0.05, 0.1) is 0 Å². The molecule has 1 rings (SSSR count). The average molecular weight is 150 g/mol. The number of anilines is 1. The predicted molar refractivity (Wildman–Crippen MR) is 41.0 cm³/mol. The minimum Gasteiger partial charge on any atom is -0.387 e. The van der Waals surface area contributed by atoms with Gasteiger partial charge in [0.2, 0.25) is 5.91 Å². The summed E-state index contributed by atoms with van der Waals surface area (Å²) in [7, 11) is 0. The maximum atomic E-state index is 10.6. The summed E-state index contributed by atoms with van der Waals surface area (Å²) in [5, 5.41) is 10.8. The maximum absolute atomic E-state index is 10.6. The lowest BCUT2D eigenvalue weighted by atomic mass is 10.3. The minimum atomic E-state index is -0.497. The van der Waals surface area contributed by atoms with E-state index in [-0.39, 0.29) is 0 Å². The number of benzene rings is 1. The molecule has 1 amide bonds. The van der Waals surface area contributed by atoms with E-state index >= 15 is 0 Å². The molecular weight excluding hydrogens is 142 g/mol. The van der Waals surface area contributed by atoms with Crippen molar-refractivity contribution in [3.05, 3.63) is 30.3 Å². The van der Waals surface area contributed by atoms with Crippen LogP contribution in [-0.4, -0.2) is 17.6 Å². The highest BCUT2D eigenvalue weighted by atomic mass is 16.3. The zero-order chi connectivity index (χ0) is 8.10. The second kappa shape index (κ2) is 3.73. The highest BCUT2D eigenvalue weighted by Crippen LogP contribution is 2.02. The number of carbonyl (C=O) groups excluding carboxylic acids is 1. The Bertz CT molecular complexity index is 233. The van der Waals surface area contributed by atoms with Crippen LogP contribution in [0.2, 0.25) is 0 Å². The Hall–Kier alpha value is -1.35. The first-order chi connectivity index (χ1) is 5.33. The topological polar surface area (TPSA) is 49.3 Å². The summed E-state index contributed by atoms with van der Waals surface area (Å²) in [4.78, 5) is 10.6. The Labute approximate surface area is 64.7 Å². The van der Waals surface area contributed by atoms with Crippen molar-refractivity contribution in [1.82, 2.24) is 0 Å². The lowest BCUT2D eigenvalue weighted by molar-refractivity contribution is -0.118. The van der Waals surface area contributed by atoms with Crippen LogP contribution < -0.4 is 5.32 Å². The van der Waals surface area contributed by atoms with Gasteiger partial charge < -0.3 is 10.4 Å². The molecule has 0 atom stereocenters. The fraction of sp³-hybridized carbons (Fsp3) is 0.125. The standard InChI is InChI=1S/C8H8NO2/c10-6-8(11)9-7-4-2-1-3-5-7/h1-4,10H,6H2,(H,9,11). The fourth-order valence-corrected chi connectivity index (χ4v) is 0.661. The summed E-state index contributed by atoms with van der Waals surface area (Å²) in [6.45, 7) is -0.497. The van der Waals surface area contributed by atoms with Crippen molar-refractivity contribution in [3.63, 3.8) is 0 Å². The molecule has 11 heavy (non-hydrogen) atoms. The maximum Gasteiger partial charge on any atom is 0.250 e. The Morgan fingerprint density at radius 2 is 2.45 bits per heavy atom. The molecule has 0 heterocycles. The zero-order valence-corrected chi connectivity index (χ0v) is 5.87. The number of hydrogen-bond donors (Lipinski definition) is 2. The summed E-state index contributed by atoms with van der Waals surface area (Å²) < 4.78 is 0. The molecule has 0 aromatic heterocycles. The molecule has 0 saturated carbocycles. The zero-order valence-electron chi connectivity index (χ0n) is 5.87. The number of rotatable bonds is 2. The van der Waals surface area contributed by atoms with Crippen LogP contribution in [0.15, 0.2) is 24.3 Å². The van der Waals surface area contributed by atoms with Gasteiger partial charge >= 0.3 is 0 Å². The molecular formula is C8H8NO2. The highest BCUT2D eigenvalue weighted by molar-refractivity contribution is 5.91. The molecule has 1 aromatic rings. The van der Waals surface area contributed by atoms with Crippen molar-refractivity contribution in [3.8, 4) is 0 Å². The SMILES string of the molecule is O=C(CO)Nc1[c]cccc1. The number of amides is 1. The summed E-state index contributed by atoms with van der Waals surface area (Å²) in [6.07, 6.45) is 0. The number of aliphatic hydroxyl groups excluding tert-OH is 1. The monoisotopic (exact) mass is 150 g/mol. The van der Waals surface area contributed by atoms with Gasteiger partial charge in [-0.2, -0.15) is 0 Å². The Morgan fingerprint density at radius 3 is 3.00 bits per heavy atom. The predicted octanol–water partition coefficient (Wildman–Crippen LogP) is 0.418. The molecule has 3 heteroatoms. The molecule has 0 unspecified atom stereocenters. The van der Waals surface area contributed by atoms with Gasteiger partial charge in [0.25, 0.3) is 0 Å². The van der Waals surface area contributed by atoms with Gasteiger partial charge in [0.15, 0.2) is 0 Å². The molecule has 2 N–H and O–H groups in total. The number of nitrogens with one attached hydrogen (secondary N) is 1. The van der Waals surface area contributed by atoms with Crippen LogP contribution in [0.4, 0.5) is 5.69 Å². The van der Waals surface area contributed by atoms with Crippen molar-refractivity contribution in [2.24, 2.45) is 0 Å². The molecule has 0 aliphatic rings. The third-order valence-electron chi connectivity index (χ3n) is 1.13. The first kappa shape index (κ1) is 7.75. The second-order valence-electron chi connectivity index (χ2n) is 1.98. The molecule has 0 saturated heterocycles. The van der Waals surface area contributed by atoms with Crippen molar-refractivity contribution in [2.75, 3.05) is 11.9 Å². The number of para-hydroxylation sites is 1. The van der Waals surface area contributed by atoms with E-state index in [0.29, 0.717) is 5.69 Å². The van der Waals surface area contributed by atoms with Crippen LogP contribution in [0.5, 0.6) is 0 Å². The molecule has 1 aromatic carbocycles. The number of aliphatic hydroxyl groups is 1. The van der Waals surface area contributed by atoms with Gasteiger partial charge in [-0.15, -0.1) is 0 Å². The molecule has 57 valence electrons. The lowest BCUT2D eigenvalue weighted by Crippen LogP contribution is -2.15. The van der Waals surface area contributed by atoms with E-state index in [0.717, 1.165) is 0 Å². The van der Waals surface area contributed by atoms with Crippen LogP contribution in [0, 0.1) is 6.07 Å². The summed E-state index contributed by atoms with van der Waals surface area (Å²) in [5.74, 6) is -0.424. The van der Waals surface area contributed by atoms with E-state index in [9.17, 15) is 4.79 Å².